The zero-order valence-electron chi connectivity index (χ0n) is 17.4. The Labute approximate surface area is 189 Å². The standard InChI is InChI=1S/C22H23N3O4S2/c1-3-28-21(27)18-15-6-4-5-7-16(15)31-20(18)23-17(26)12-25-22(30)29-19(24-25)14-10-8-13(2)9-11-14/h8-11H,3-7,12H2,1-2H3,(H,23,26). The Morgan fingerprint density at radius 2 is 2.00 bits per heavy atom. The molecule has 1 aliphatic rings. The molecule has 9 heteroatoms. The van der Waals surface area contributed by atoms with Crippen LogP contribution in [-0.2, 0) is 28.9 Å². The molecule has 0 fully saturated rings. The smallest absolute Gasteiger partial charge is 0.341 e. The summed E-state index contributed by atoms with van der Waals surface area (Å²) in [5.74, 6) is -0.363. The fourth-order valence-electron chi connectivity index (χ4n) is 3.59. The molecule has 0 saturated heterocycles. The maximum atomic E-state index is 12.8. The van der Waals surface area contributed by atoms with E-state index in [1.54, 1.807) is 6.92 Å². The van der Waals surface area contributed by atoms with Crippen LogP contribution in [0.5, 0.6) is 0 Å². The van der Waals surface area contributed by atoms with Gasteiger partial charge in [-0.3, -0.25) is 4.79 Å². The van der Waals surface area contributed by atoms with E-state index in [0.29, 0.717) is 16.5 Å². The van der Waals surface area contributed by atoms with Crippen molar-refractivity contribution in [1.82, 2.24) is 9.78 Å². The molecule has 0 atom stereocenters. The van der Waals surface area contributed by atoms with Gasteiger partial charge in [-0.1, -0.05) is 17.7 Å². The molecule has 2 aromatic heterocycles. The maximum Gasteiger partial charge on any atom is 0.341 e. The lowest BCUT2D eigenvalue weighted by molar-refractivity contribution is -0.116. The van der Waals surface area contributed by atoms with Crippen LogP contribution in [-0.4, -0.2) is 28.3 Å². The highest BCUT2D eigenvalue weighted by molar-refractivity contribution is 7.71. The van der Waals surface area contributed by atoms with Crippen molar-refractivity contribution in [3.8, 4) is 11.5 Å². The lowest BCUT2D eigenvalue weighted by Crippen LogP contribution is -2.21. The predicted molar refractivity (Wildman–Crippen MR) is 121 cm³/mol. The number of carbonyl (C=O) groups is 2. The number of carbonyl (C=O) groups excluding carboxylic acids is 2. The zero-order valence-corrected chi connectivity index (χ0v) is 19.0. The van der Waals surface area contributed by atoms with E-state index in [1.807, 2.05) is 31.2 Å². The van der Waals surface area contributed by atoms with Crippen LogP contribution in [0.3, 0.4) is 0 Å². The van der Waals surface area contributed by atoms with Gasteiger partial charge in [0.05, 0.1) is 12.2 Å². The van der Waals surface area contributed by atoms with Crippen molar-refractivity contribution in [2.24, 2.45) is 0 Å². The molecule has 0 radical (unpaired) electrons. The first-order valence-electron chi connectivity index (χ1n) is 10.2. The number of benzene rings is 1. The molecule has 0 aliphatic heterocycles. The van der Waals surface area contributed by atoms with Crippen LogP contribution in [0.15, 0.2) is 28.7 Å². The molecule has 4 rings (SSSR count). The number of hydrogen-bond acceptors (Lipinski definition) is 7. The van der Waals surface area contributed by atoms with Crippen molar-refractivity contribution < 1.29 is 18.7 Å². The van der Waals surface area contributed by atoms with Gasteiger partial charge in [0.25, 0.3) is 4.84 Å². The molecule has 2 heterocycles. The normalized spacial score (nSPS) is 13.0. The van der Waals surface area contributed by atoms with Gasteiger partial charge in [-0.2, -0.15) is 0 Å². The van der Waals surface area contributed by atoms with Crippen molar-refractivity contribution in [2.45, 2.75) is 46.1 Å². The third-order valence-electron chi connectivity index (χ3n) is 5.10. The highest BCUT2D eigenvalue weighted by Crippen LogP contribution is 2.38. The number of amides is 1. The van der Waals surface area contributed by atoms with Crippen molar-refractivity contribution >= 4 is 40.4 Å². The second-order valence-corrected chi connectivity index (χ2v) is 8.83. The third kappa shape index (κ3) is 4.62. The first-order valence-corrected chi connectivity index (χ1v) is 11.4. The summed E-state index contributed by atoms with van der Waals surface area (Å²) in [6.45, 7) is 3.94. The molecule has 31 heavy (non-hydrogen) atoms. The number of hydrogen-bond donors (Lipinski definition) is 1. The molecule has 3 aromatic rings. The summed E-state index contributed by atoms with van der Waals surface area (Å²) >= 11 is 6.69. The summed E-state index contributed by atoms with van der Waals surface area (Å²) in [5.41, 5.74) is 3.40. The van der Waals surface area contributed by atoms with Crippen molar-refractivity contribution in [1.29, 1.82) is 0 Å². The topological polar surface area (TPSA) is 86.4 Å². The molecule has 1 aromatic carbocycles. The summed E-state index contributed by atoms with van der Waals surface area (Å²) < 4.78 is 12.2. The van der Waals surface area contributed by atoms with Crippen LogP contribution >= 0.6 is 23.6 Å². The van der Waals surface area contributed by atoms with Gasteiger partial charge in [0, 0.05) is 10.4 Å². The second kappa shape index (κ2) is 9.15. The van der Waals surface area contributed by atoms with Crippen LogP contribution in [0.4, 0.5) is 5.00 Å². The molecule has 0 spiro atoms. The van der Waals surface area contributed by atoms with Gasteiger partial charge in [-0.05, 0) is 69.4 Å². The molecule has 1 N–H and O–H groups in total. The first-order chi connectivity index (χ1) is 15.0. The van der Waals surface area contributed by atoms with Gasteiger partial charge in [0.2, 0.25) is 11.8 Å². The zero-order chi connectivity index (χ0) is 22.0. The Kier molecular flexibility index (Phi) is 6.33. The van der Waals surface area contributed by atoms with E-state index in [4.69, 9.17) is 21.4 Å². The minimum Gasteiger partial charge on any atom is -0.462 e. The molecular formula is C22H23N3O4S2. The van der Waals surface area contributed by atoms with Gasteiger partial charge in [-0.25, -0.2) is 9.48 Å². The third-order valence-corrected chi connectivity index (χ3v) is 6.60. The highest BCUT2D eigenvalue weighted by Gasteiger charge is 2.27. The largest absolute Gasteiger partial charge is 0.462 e. The molecular weight excluding hydrogens is 434 g/mol. The molecule has 1 aliphatic carbocycles. The van der Waals surface area contributed by atoms with Crippen LogP contribution in [0.2, 0.25) is 0 Å². The number of aryl methyl sites for hydroxylation is 2. The number of aromatic nitrogens is 2. The van der Waals surface area contributed by atoms with E-state index in [2.05, 4.69) is 10.4 Å². The summed E-state index contributed by atoms with van der Waals surface area (Å²) in [7, 11) is 0. The Hall–Kier alpha value is -2.78. The summed E-state index contributed by atoms with van der Waals surface area (Å²) in [6, 6.07) is 7.69. The van der Waals surface area contributed by atoms with Crippen LogP contribution in [0, 0.1) is 11.8 Å². The fraction of sp³-hybridized carbons (Fsp3) is 0.364. The molecule has 7 nitrogen and oxygen atoms in total. The number of thiophene rings is 1. The number of fused-ring (bicyclic) bond motifs is 1. The van der Waals surface area contributed by atoms with Gasteiger partial charge in [-0.15, -0.1) is 16.4 Å². The predicted octanol–water partition coefficient (Wildman–Crippen LogP) is 4.94. The van der Waals surface area contributed by atoms with Crippen LogP contribution in [0.25, 0.3) is 11.5 Å². The monoisotopic (exact) mass is 457 g/mol. The summed E-state index contributed by atoms with van der Waals surface area (Å²) in [6.07, 6.45) is 3.85. The van der Waals surface area contributed by atoms with Crippen molar-refractivity contribution in [3.05, 3.63) is 50.7 Å². The van der Waals surface area contributed by atoms with Crippen LogP contribution in [0.1, 0.15) is 46.1 Å². The Morgan fingerprint density at radius 1 is 1.26 bits per heavy atom. The molecule has 162 valence electrons. The Bertz CT molecular complexity index is 1170. The fourth-order valence-corrected chi connectivity index (χ4v) is 5.07. The van der Waals surface area contributed by atoms with E-state index in [1.165, 1.54) is 16.0 Å². The number of rotatable bonds is 6. The van der Waals surface area contributed by atoms with Crippen LogP contribution < -0.4 is 5.32 Å². The number of ether oxygens (including phenoxy) is 1. The summed E-state index contributed by atoms with van der Waals surface area (Å²) in [5, 5.41) is 7.74. The molecule has 0 bridgehead atoms. The molecule has 0 unspecified atom stereocenters. The minimum absolute atomic E-state index is 0.112. The highest BCUT2D eigenvalue weighted by atomic mass is 32.1. The van der Waals surface area contributed by atoms with Crippen molar-refractivity contribution in [3.63, 3.8) is 0 Å². The van der Waals surface area contributed by atoms with E-state index in [-0.39, 0.29) is 23.9 Å². The van der Waals surface area contributed by atoms with Gasteiger partial charge < -0.3 is 14.5 Å². The van der Waals surface area contributed by atoms with Gasteiger partial charge in [0.1, 0.15) is 11.5 Å². The average molecular weight is 458 g/mol. The quantitative estimate of drug-likeness (QED) is 0.417. The van der Waals surface area contributed by atoms with E-state index >= 15 is 0 Å². The SMILES string of the molecule is CCOC(=O)c1c(NC(=O)Cn2nc(-c3ccc(C)cc3)oc2=S)sc2c1CCCC2. The Morgan fingerprint density at radius 3 is 2.74 bits per heavy atom. The van der Waals surface area contributed by atoms with Gasteiger partial charge in [0.15, 0.2) is 0 Å². The number of nitrogens with zero attached hydrogens (tertiary/aromatic N) is 2. The lowest BCUT2D eigenvalue weighted by Gasteiger charge is -2.12. The number of esters is 1. The molecule has 0 saturated carbocycles. The van der Waals surface area contributed by atoms with Gasteiger partial charge >= 0.3 is 5.97 Å². The summed E-state index contributed by atoms with van der Waals surface area (Å²) in [4.78, 5) is 26.6. The maximum absolute atomic E-state index is 12.8. The van der Waals surface area contributed by atoms with Crippen molar-refractivity contribution in [2.75, 3.05) is 11.9 Å². The Balaban J connectivity index is 1.54. The minimum atomic E-state index is -0.392. The molecule has 1 amide bonds. The number of nitrogens with one attached hydrogen (secondary N) is 1. The van der Waals surface area contributed by atoms with E-state index in [9.17, 15) is 9.59 Å². The average Bonchev–Trinajstić information content (AvgIpc) is 3.28. The first kappa shape index (κ1) is 21.5. The second-order valence-electron chi connectivity index (χ2n) is 7.38. The lowest BCUT2D eigenvalue weighted by atomic mass is 9.95. The van der Waals surface area contributed by atoms with E-state index < -0.39 is 5.97 Å². The van der Waals surface area contributed by atoms with E-state index in [0.717, 1.165) is 47.3 Å². The number of anilines is 1.